The Morgan fingerprint density at radius 2 is 2.25 bits per heavy atom. The quantitative estimate of drug-likeness (QED) is 0.774. The summed E-state index contributed by atoms with van der Waals surface area (Å²) in [6.45, 7) is 2.77. The minimum absolute atomic E-state index is 0.0789. The number of halogens is 1. The first-order chi connectivity index (χ1) is 9.74. The first kappa shape index (κ1) is 14.8. The normalized spacial score (nSPS) is 12.1. The molecule has 0 radical (unpaired) electrons. The van der Waals surface area contributed by atoms with Crippen LogP contribution in [-0.2, 0) is 6.54 Å². The van der Waals surface area contributed by atoms with Gasteiger partial charge in [-0.3, -0.25) is 5.32 Å². The van der Waals surface area contributed by atoms with Gasteiger partial charge in [0, 0.05) is 17.0 Å². The van der Waals surface area contributed by atoms with Gasteiger partial charge in [0.05, 0.1) is 6.04 Å². The predicted molar refractivity (Wildman–Crippen MR) is 84.1 cm³/mol. The van der Waals surface area contributed by atoms with Crippen molar-refractivity contribution < 1.29 is 4.39 Å². The highest BCUT2D eigenvalue weighted by molar-refractivity contribution is 7.13. The molecule has 0 spiro atoms. The number of hydrogen-bond acceptors (Lipinski definition) is 2. The van der Waals surface area contributed by atoms with Gasteiger partial charge in [-0.1, -0.05) is 31.4 Å². The SMILES string of the molecule is C#CC(CCC)NCc1ccc(F)c(-c2cccs2)c1. The van der Waals surface area contributed by atoms with Crippen molar-refractivity contribution in [3.63, 3.8) is 0 Å². The van der Waals surface area contributed by atoms with Crippen LogP contribution in [0.3, 0.4) is 0 Å². The molecule has 1 nitrogen and oxygen atoms in total. The van der Waals surface area contributed by atoms with Crippen LogP contribution in [0, 0.1) is 18.2 Å². The molecule has 104 valence electrons. The number of terminal acetylenes is 1. The van der Waals surface area contributed by atoms with Gasteiger partial charge >= 0.3 is 0 Å². The molecule has 0 aliphatic carbocycles. The highest BCUT2D eigenvalue weighted by Gasteiger charge is 2.08. The van der Waals surface area contributed by atoms with E-state index in [0.717, 1.165) is 23.3 Å². The Labute approximate surface area is 123 Å². The average molecular weight is 287 g/mol. The van der Waals surface area contributed by atoms with Crippen molar-refractivity contribution in [2.24, 2.45) is 0 Å². The van der Waals surface area contributed by atoms with Gasteiger partial charge in [0.1, 0.15) is 5.82 Å². The van der Waals surface area contributed by atoms with Crippen molar-refractivity contribution in [1.29, 1.82) is 0 Å². The fourth-order valence-electron chi connectivity index (χ4n) is 2.08. The van der Waals surface area contributed by atoms with Crippen molar-refractivity contribution in [1.82, 2.24) is 5.32 Å². The minimum Gasteiger partial charge on any atom is -0.300 e. The summed E-state index contributed by atoms with van der Waals surface area (Å²) < 4.78 is 13.9. The van der Waals surface area contributed by atoms with Crippen molar-refractivity contribution in [3.8, 4) is 22.8 Å². The van der Waals surface area contributed by atoms with Crippen LogP contribution in [0.2, 0.25) is 0 Å². The Bertz CT molecular complexity index is 584. The zero-order chi connectivity index (χ0) is 14.4. The van der Waals surface area contributed by atoms with E-state index in [2.05, 4.69) is 18.2 Å². The van der Waals surface area contributed by atoms with Crippen LogP contribution < -0.4 is 5.32 Å². The molecule has 0 aliphatic rings. The first-order valence-corrected chi connectivity index (χ1v) is 7.64. The molecule has 0 bridgehead atoms. The Morgan fingerprint density at radius 1 is 1.40 bits per heavy atom. The van der Waals surface area contributed by atoms with E-state index in [1.165, 1.54) is 6.07 Å². The molecule has 1 unspecified atom stereocenters. The average Bonchev–Trinajstić information content (AvgIpc) is 2.99. The molecule has 1 heterocycles. The maximum Gasteiger partial charge on any atom is 0.131 e. The summed E-state index contributed by atoms with van der Waals surface area (Å²) in [5, 5.41) is 5.28. The molecule has 2 aromatic rings. The second-order valence-electron chi connectivity index (χ2n) is 4.68. The molecule has 0 saturated heterocycles. The molecular formula is C17H18FNS. The molecule has 1 N–H and O–H groups in total. The van der Waals surface area contributed by atoms with Gasteiger partial charge in [-0.25, -0.2) is 4.39 Å². The second kappa shape index (κ2) is 7.23. The van der Waals surface area contributed by atoms with Crippen LogP contribution >= 0.6 is 11.3 Å². The number of hydrogen-bond donors (Lipinski definition) is 1. The third-order valence-electron chi connectivity index (χ3n) is 3.15. The summed E-state index contributed by atoms with van der Waals surface area (Å²) in [5.74, 6) is 2.56. The van der Waals surface area contributed by atoms with E-state index < -0.39 is 0 Å². The predicted octanol–water partition coefficient (Wildman–Crippen LogP) is 4.45. The standard InChI is InChI=1S/C17H18FNS/c1-3-6-14(4-2)19-12-13-8-9-16(18)15(11-13)17-7-5-10-20-17/h2,5,7-11,14,19H,3,6,12H2,1H3. The van der Waals surface area contributed by atoms with Crippen molar-refractivity contribution >= 4 is 11.3 Å². The molecule has 2 rings (SSSR count). The van der Waals surface area contributed by atoms with Gasteiger partial charge in [-0.05, 0) is 35.6 Å². The smallest absolute Gasteiger partial charge is 0.131 e. The molecule has 20 heavy (non-hydrogen) atoms. The Kier molecular flexibility index (Phi) is 5.34. The van der Waals surface area contributed by atoms with Crippen LogP contribution in [0.1, 0.15) is 25.3 Å². The van der Waals surface area contributed by atoms with Crippen LogP contribution in [0.4, 0.5) is 4.39 Å². The highest BCUT2D eigenvalue weighted by Crippen LogP contribution is 2.28. The summed E-state index contributed by atoms with van der Waals surface area (Å²) in [5.41, 5.74) is 1.71. The van der Waals surface area contributed by atoms with E-state index >= 15 is 0 Å². The van der Waals surface area contributed by atoms with Crippen molar-refractivity contribution in [2.75, 3.05) is 0 Å². The largest absolute Gasteiger partial charge is 0.300 e. The van der Waals surface area contributed by atoms with Gasteiger partial charge in [0.2, 0.25) is 0 Å². The molecule has 0 fully saturated rings. The van der Waals surface area contributed by atoms with Crippen molar-refractivity contribution in [2.45, 2.75) is 32.4 Å². The van der Waals surface area contributed by atoms with E-state index in [9.17, 15) is 4.39 Å². The van der Waals surface area contributed by atoms with Crippen LogP contribution in [0.25, 0.3) is 10.4 Å². The Balaban J connectivity index is 2.10. The zero-order valence-electron chi connectivity index (χ0n) is 11.5. The van der Waals surface area contributed by atoms with E-state index in [0.29, 0.717) is 12.1 Å². The van der Waals surface area contributed by atoms with Gasteiger partial charge in [-0.15, -0.1) is 17.8 Å². The number of benzene rings is 1. The van der Waals surface area contributed by atoms with Gasteiger partial charge in [0.15, 0.2) is 0 Å². The zero-order valence-corrected chi connectivity index (χ0v) is 12.3. The number of rotatable bonds is 6. The lowest BCUT2D eigenvalue weighted by atomic mass is 10.1. The molecule has 1 atom stereocenters. The molecule has 1 aromatic carbocycles. The summed E-state index contributed by atoms with van der Waals surface area (Å²) in [6.07, 6.45) is 7.48. The van der Waals surface area contributed by atoms with Crippen molar-refractivity contribution in [3.05, 3.63) is 47.1 Å². The summed E-state index contributed by atoms with van der Waals surface area (Å²) in [6, 6.07) is 9.17. The van der Waals surface area contributed by atoms with E-state index in [-0.39, 0.29) is 11.9 Å². The molecule has 0 amide bonds. The number of thiophene rings is 1. The second-order valence-corrected chi connectivity index (χ2v) is 5.63. The highest BCUT2D eigenvalue weighted by atomic mass is 32.1. The number of nitrogens with one attached hydrogen (secondary N) is 1. The molecule has 3 heteroatoms. The molecular weight excluding hydrogens is 269 g/mol. The van der Waals surface area contributed by atoms with Crippen LogP contribution in [0.5, 0.6) is 0 Å². The summed E-state index contributed by atoms with van der Waals surface area (Å²) in [4.78, 5) is 0.950. The van der Waals surface area contributed by atoms with Gasteiger partial charge < -0.3 is 0 Å². The third kappa shape index (κ3) is 3.69. The fraction of sp³-hybridized carbons (Fsp3) is 0.294. The maximum absolute atomic E-state index is 13.9. The monoisotopic (exact) mass is 287 g/mol. The lowest BCUT2D eigenvalue weighted by molar-refractivity contribution is 0.562. The maximum atomic E-state index is 13.9. The summed E-state index contributed by atoms with van der Waals surface area (Å²) in [7, 11) is 0. The molecule has 1 aromatic heterocycles. The fourth-order valence-corrected chi connectivity index (χ4v) is 2.82. The summed E-state index contributed by atoms with van der Waals surface area (Å²) >= 11 is 1.54. The third-order valence-corrected chi connectivity index (χ3v) is 4.05. The van der Waals surface area contributed by atoms with E-state index in [4.69, 9.17) is 6.42 Å². The lowest BCUT2D eigenvalue weighted by Gasteiger charge is -2.12. The topological polar surface area (TPSA) is 12.0 Å². The van der Waals surface area contributed by atoms with E-state index in [1.54, 1.807) is 17.4 Å². The van der Waals surface area contributed by atoms with Crippen LogP contribution in [-0.4, -0.2) is 6.04 Å². The molecule has 0 saturated carbocycles. The van der Waals surface area contributed by atoms with Gasteiger partial charge in [0.25, 0.3) is 0 Å². The Hall–Kier alpha value is -1.63. The minimum atomic E-state index is -0.182. The molecule has 0 aliphatic heterocycles. The van der Waals surface area contributed by atoms with E-state index in [1.807, 2.05) is 23.6 Å². The van der Waals surface area contributed by atoms with Gasteiger partial charge in [-0.2, -0.15) is 0 Å². The van der Waals surface area contributed by atoms with Crippen LogP contribution in [0.15, 0.2) is 35.7 Å². The first-order valence-electron chi connectivity index (χ1n) is 6.76. The lowest BCUT2D eigenvalue weighted by Crippen LogP contribution is -2.26. The Morgan fingerprint density at radius 3 is 2.90 bits per heavy atom.